The van der Waals surface area contributed by atoms with Gasteiger partial charge in [-0.15, -0.1) is 0 Å². The molecule has 0 atom stereocenters. The number of carbonyl (C=O) groups excluding carboxylic acids is 1. The molecule has 26 heavy (non-hydrogen) atoms. The number of nitrogens with one attached hydrogen (secondary N) is 1. The van der Waals surface area contributed by atoms with Gasteiger partial charge in [-0.2, -0.15) is 0 Å². The SMILES string of the molecule is CCC/C=C1/c2ccccc2COc2ccc(CC(=O)NCCO)cc21. The number of benzene rings is 2. The molecule has 136 valence electrons. The summed E-state index contributed by atoms with van der Waals surface area (Å²) in [6.07, 6.45) is 4.62. The summed E-state index contributed by atoms with van der Waals surface area (Å²) < 4.78 is 6.04. The number of hydrogen-bond acceptors (Lipinski definition) is 3. The molecule has 0 unspecified atom stereocenters. The van der Waals surface area contributed by atoms with E-state index >= 15 is 0 Å². The molecule has 2 aromatic carbocycles. The average molecular weight is 351 g/mol. The van der Waals surface area contributed by atoms with Crippen molar-refractivity contribution >= 4 is 11.5 Å². The summed E-state index contributed by atoms with van der Waals surface area (Å²) in [5.74, 6) is 0.760. The second-order valence-electron chi connectivity index (χ2n) is 6.43. The van der Waals surface area contributed by atoms with Crippen LogP contribution in [-0.4, -0.2) is 24.2 Å². The Balaban J connectivity index is 1.98. The largest absolute Gasteiger partial charge is 0.488 e. The smallest absolute Gasteiger partial charge is 0.224 e. The van der Waals surface area contributed by atoms with Gasteiger partial charge in [0.25, 0.3) is 0 Å². The second kappa shape index (κ2) is 8.68. The highest BCUT2D eigenvalue weighted by Gasteiger charge is 2.19. The molecule has 3 rings (SSSR count). The number of rotatable bonds is 6. The van der Waals surface area contributed by atoms with Crippen molar-refractivity contribution in [1.82, 2.24) is 5.32 Å². The van der Waals surface area contributed by atoms with E-state index in [1.54, 1.807) is 0 Å². The van der Waals surface area contributed by atoms with Crippen LogP contribution in [0.5, 0.6) is 5.75 Å². The Morgan fingerprint density at radius 1 is 1.23 bits per heavy atom. The van der Waals surface area contributed by atoms with Crippen LogP contribution in [0.3, 0.4) is 0 Å². The molecule has 4 nitrogen and oxygen atoms in total. The molecule has 0 radical (unpaired) electrons. The molecule has 1 amide bonds. The van der Waals surface area contributed by atoms with Crippen molar-refractivity contribution < 1.29 is 14.6 Å². The predicted octanol–water partition coefficient (Wildman–Crippen LogP) is 3.46. The molecule has 1 aliphatic heterocycles. The van der Waals surface area contributed by atoms with Gasteiger partial charge >= 0.3 is 0 Å². The van der Waals surface area contributed by atoms with E-state index in [0.29, 0.717) is 6.61 Å². The normalized spacial score (nSPS) is 14.2. The van der Waals surface area contributed by atoms with Crippen LogP contribution in [0.4, 0.5) is 0 Å². The van der Waals surface area contributed by atoms with Crippen LogP contribution in [0.1, 0.15) is 42.0 Å². The molecule has 0 saturated heterocycles. The summed E-state index contributed by atoms with van der Waals surface area (Å²) in [6, 6.07) is 14.3. The quantitative estimate of drug-likeness (QED) is 0.838. The van der Waals surface area contributed by atoms with Gasteiger partial charge in [0.1, 0.15) is 12.4 Å². The van der Waals surface area contributed by atoms with Crippen LogP contribution in [0.2, 0.25) is 0 Å². The van der Waals surface area contributed by atoms with Crippen molar-refractivity contribution in [3.8, 4) is 5.75 Å². The summed E-state index contributed by atoms with van der Waals surface area (Å²) in [7, 11) is 0. The van der Waals surface area contributed by atoms with E-state index in [1.807, 2.05) is 18.2 Å². The Hall–Kier alpha value is -2.59. The summed E-state index contributed by atoms with van der Waals surface area (Å²) in [6.45, 7) is 2.94. The van der Waals surface area contributed by atoms with E-state index in [9.17, 15) is 4.79 Å². The third kappa shape index (κ3) is 4.14. The Labute approximate surface area is 154 Å². The number of unbranched alkanes of at least 4 members (excludes halogenated alkanes) is 1. The molecule has 0 fully saturated rings. The first-order chi connectivity index (χ1) is 12.7. The van der Waals surface area contributed by atoms with Gasteiger partial charge in [-0.3, -0.25) is 4.79 Å². The lowest BCUT2D eigenvalue weighted by Crippen LogP contribution is -2.27. The fraction of sp³-hybridized carbons (Fsp3) is 0.318. The van der Waals surface area contributed by atoms with Crippen LogP contribution in [-0.2, 0) is 17.8 Å². The Bertz CT molecular complexity index is 811. The zero-order chi connectivity index (χ0) is 18.4. The van der Waals surface area contributed by atoms with Crippen molar-refractivity contribution in [2.75, 3.05) is 13.2 Å². The van der Waals surface area contributed by atoms with E-state index in [0.717, 1.165) is 29.7 Å². The molecule has 0 saturated carbocycles. The van der Waals surface area contributed by atoms with Crippen molar-refractivity contribution in [3.63, 3.8) is 0 Å². The highest BCUT2D eigenvalue weighted by Crippen LogP contribution is 2.37. The number of ether oxygens (including phenoxy) is 1. The molecule has 1 heterocycles. The summed E-state index contributed by atoms with van der Waals surface area (Å²) in [4.78, 5) is 12.0. The highest BCUT2D eigenvalue weighted by molar-refractivity contribution is 5.86. The fourth-order valence-corrected chi connectivity index (χ4v) is 3.18. The number of amides is 1. The molecular formula is C22H25NO3. The van der Waals surface area contributed by atoms with Gasteiger partial charge in [0.15, 0.2) is 0 Å². The minimum absolute atomic E-state index is 0.0511. The summed E-state index contributed by atoms with van der Waals surface area (Å²) >= 11 is 0. The molecule has 2 N–H and O–H groups in total. The van der Waals surface area contributed by atoms with E-state index in [4.69, 9.17) is 9.84 Å². The maximum atomic E-state index is 12.0. The number of allylic oxidation sites excluding steroid dienone is 1. The third-order valence-electron chi connectivity index (χ3n) is 4.46. The van der Waals surface area contributed by atoms with Gasteiger partial charge in [-0.05, 0) is 40.8 Å². The molecule has 0 aromatic heterocycles. The van der Waals surface area contributed by atoms with Crippen LogP contribution in [0.25, 0.3) is 5.57 Å². The number of fused-ring (bicyclic) bond motifs is 2. The monoisotopic (exact) mass is 351 g/mol. The molecule has 0 spiro atoms. The van der Waals surface area contributed by atoms with Gasteiger partial charge in [0, 0.05) is 12.1 Å². The summed E-state index contributed by atoms with van der Waals surface area (Å²) in [5, 5.41) is 11.5. The fourth-order valence-electron chi connectivity index (χ4n) is 3.18. The lowest BCUT2D eigenvalue weighted by atomic mass is 9.92. The number of aliphatic hydroxyl groups is 1. The number of carbonyl (C=O) groups is 1. The molecule has 1 aliphatic rings. The van der Waals surface area contributed by atoms with Crippen LogP contribution in [0, 0.1) is 0 Å². The van der Waals surface area contributed by atoms with Crippen molar-refractivity contribution in [2.24, 2.45) is 0 Å². The third-order valence-corrected chi connectivity index (χ3v) is 4.46. The van der Waals surface area contributed by atoms with Gasteiger partial charge in [0.2, 0.25) is 5.91 Å². The van der Waals surface area contributed by atoms with Crippen LogP contribution >= 0.6 is 0 Å². The van der Waals surface area contributed by atoms with E-state index in [2.05, 4.69) is 42.6 Å². The maximum absolute atomic E-state index is 12.0. The molecule has 0 aliphatic carbocycles. The molecule has 0 bridgehead atoms. The topological polar surface area (TPSA) is 58.6 Å². The maximum Gasteiger partial charge on any atom is 0.224 e. The molecular weight excluding hydrogens is 326 g/mol. The average Bonchev–Trinajstić information content (AvgIpc) is 2.81. The van der Waals surface area contributed by atoms with E-state index in [-0.39, 0.29) is 25.5 Å². The number of hydrogen-bond donors (Lipinski definition) is 2. The van der Waals surface area contributed by atoms with Gasteiger partial charge in [0.05, 0.1) is 13.0 Å². The zero-order valence-electron chi connectivity index (χ0n) is 15.1. The van der Waals surface area contributed by atoms with Crippen LogP contribution in [0.15, 0.2) is 48.5 Å². The first kappa shape index (κ1) is 18.2. The van der Waals surface area contributed by atoms with Gasteiger partial charge < -0.3 is 15.2 Å². The molecule has 2 aromatic rings. The van der Waals surface area contributed by atoms with E-state index < -0.39 is 0 Å². The lowest BCUT2D eigenvalue weighted by Gasteiger charge is -2.12. The van der Waals surface area contributed by atoms with E-state index in [1.165, 1.54) is 16.7 Å². The Morgan fingerprint density at radius 3 is 2.88 bits per heavy atom. The lowest BCUT2D eigenvalue weighted by molar-refractivity contribution is -0.120. The Kier molecular flexibility index (Phi) is 6.08. The summed E-state index contributed by atoms with van der Waals surface area (Å²) in [5.41, 5.74) is 5.52. The standard InChI is InChI=1S/C22H25NO3/c1-2-3-7-19-18-8-5-4-6-17(18)15-26-21-10-9-16(13-20(19)21)14-22(25)23-11-12-24/h4-10,13,24H,2-3,11-12,14-15H2,1H3,(H,23,25)/b19-7-. The van der Waals surface area contributed by atoms with Crippen molar-refractivity contribution in [3.05, 3.63) is 70.8 Å². The second-order valence-corrected chi connectivity index (χ2v) is 6.43. The minimum Gasteiger partial charge on any atom is -0.488 e. The first-order valence-electron chi connectivity index (χ1n) is 9.15. The first-order valence-corrected chi connectivity index (χ1v) is 9.15. The highest BCUT2D eigenvalue weighted by atomic mass is 16.5. The van der Waals surface area contributed by atoms with Gasteiger partial charge in [-0.1, -0.05) is 49.8 Å². The Morgan fingerprint density at radius 2 is 2.08 bits per heavy atom. The van der Waals surface area contributed by atoms with Crippen molar-refractivity contribution in [1.29, 1.82) is 0 Å². The predicted molar refractivity (Wildman–Crippen MR) is 103 cm³/mol. The number of aliphatic hydroxyl groups excluding tert-OH is 1. The van der Waals surface area contributed by atoms with Crippen molar-refractivity contribution in [2.45, 2.75) is 32.8 Å². The van der Waals surface area contributed by atoms with Gasteiger partial charge in [-0.25, -0.2) is 0 Å². The zero-order valence-corrected chi connectivity index (χ0v) is 15.1. The van der Waals surface area contributed by atoms with Crippen LogP contribution < -0.4 is 10.1 Å². The molecule has 4 heteroatoms. The minimum atomic E-state index is -0.0898.